The lowest BCUT2D eigenvalue weighted by atomic mass is 9.89. The van der Waals surface area contributed by atoms with Crippen LogP contribution in [-0.2, 0) is 17.6 Å². The summed E-state index contributed by atoms with van der Waals surface area (Å²) >= 11 is 3.36. The summed E-state index contributed by atoms with van der Waals surface area (Å²) in [6, 6.07) is 5.40. The van der Waals surface area contributed by atoms with Gasteiger partial charge in [-0.2, -0.15) is 13.2 Å². The molecule has 1 spiro atoms. The van der Waals surface area contributed by atoms with Crippen LogP contribution in [0.4, 0.5) is 13.2 Å². The molecule has 0 N–H and O–H groups in total. The molecule has 0 aromatic heterocycles. The van der Waals surface area contributed by atoms with Crippen molar-refractivity contribution in [1.82, 2.24) is 4.90 Å². The first-order chi connectivity index (χ1) is 10.4. The van der Waals surface area contributed by atoms with Crippen LogP contribution in [0.25, 0.3) is 0 Å². The van der Waals surface area contributed by atoms with Gasteiger partial charge in [-0.25, -0.2) is 0 Å². The average Bonchev–Trinajstić information content (AvgIpc) is 2.83. The van der Waals surface area contributed by atoms with E-state index < -0.39 is 11.7 Å². The lowest BCUT2D eigenvalue weighted by molar-refractivity contribution is -0.137. The predicted molar refractivity (Wildman–Crippen MR) is 80.8 cm³/mol. The summed E-state index contributed by atoms with van der Waals surface area (Å²) in [4.78, 5) is 7.77. The topological polar surface area (TPSA) is 24.8 Å². The van der Waals surface area contributed by atoms with Crippen LogP contribution in [0.1, 0.15) is 30.4 Å². The summed E-state index contributed by atoms with van der Waals surface area (Å²) in [6.07, 6.45) is -1.71. The van der Waals surface area contributed by atoms with Crippen LogP contribution in [0.3, 0.4) is 0 Å². The second-order valence-corrected chi connectivity index (χ2v) is 6.80. The van der Waals surface area contributed by atoms with Gasteiger partial charge in [-0.3, -0.25) is 4.90 Å². The summed E-state index contributed by atoms with van der Waals surface area (Å²) in [7, 11) is 0. The molecule has 2 aliphatic rings. The zero-order valence-electron chi connectivity index (χ0n) is 11.9. The van der Waals surface area contributed by atoms with Gasteiger partial charge in [0.25, 0.3) is 0 Å². The Labute approximate surface area is 135 Å². The van der Waals surface area contributed by atoms with Crippen LogP contribution in [0.2, 0.25) is 0 Å². The van der Waals surface area contributed by atoms with Crippen molar-refractivity contribution in [2.45, 2.75) is 37.6 Å². The van der Waals surface area contributed by atoms with Crippen molar-refractivity contribution in [3.8, 4) is 0 Å². The first-order valence-corrected chi connectivity index (χ1v) is 7.95. The summed E-state index contributed by atoms with van der Waals surface area (Å²) in [5, 5.41) is 3.96. The van der Waals surface area contributed by atoms with E-state index in [0.717, 1.165) is 54.7 Å². The van der Waals surface area contributed by atoms with E-state index in [9.17, 15) is 13.2 Å². The molecule has 3 nitrogen and oxygen atoms in total. The molecular formula is C15H16BrF3N2O. The van der Waals surface area contributed by atoms with Gasteiger partial charge in [0.15, 0.2) is 0 Å². The quantitative estimate of drug-likeness (QED) is 0.773. The van der Waals surface area contributed by atoms with E-state index in [0.29, 0.717) is 6.54 Å². The number of alkyl halides is 3. The van der Waals surface area contributed by atoms with Gasteiger partial charge in [0.2, 0.25) is 0 Å². The third-order valence-corrected chi connectivity index (χ3v) is 4.69. The molecule has 0 unspecified atom stereocenters. The molecule has 0 saturated carbocycles. The number of hydrogen-bond donors (Lipinski definition) is 0. The highest BCUT2D eigenvalue weighted by molar-refractivity contribution is 9.18. The van der Waals surface area contributed by atoms with E-state index in [1.807, 2.05) is 0 Å². The summed E-state index contributed by atoms with van der Waals surface area (Å²) in [5.41, 5.74) is 0.110. The van der Waals surface area contributed by atoms with Crippen molar-refractivity contribution in [2.24, 2.45) is 5.16 Å². The van der Waals surface area contributed by atoms with Crippen LogP contribution in [0.15, 0.2) is 29.4 Å². The molecule has 0 atom stereocenters. The molecule has 0 amide bonds. The fraction of sp³-hybridized carbons (Fsp3) is 0.533. The van der Waals surface area contributed by atoms with Crippen molar-refractivity contribution in [3.05, 3.63) is 35.4 Å². The maximum Gasteiger partial charge on any atom is 0.416 e. The van der Waals surface area contributed by atoms with Crippen LogP contribution in [-0.4, -0.2) is 28.2 Å². The Balaban J connectivity index is 1.55. The lowest BCUT2D eigenvalue weighted by Gasteiger charge is -2.37. The molecule has 1 saturated heterocycles. The van der Waals surface area contributed by atoms with Crippen LogP contribution in [0.5, 0.6) is 0 Å². The van der Waals surface area contributed by atoms with Crippen molar-refractivity contribution in [1.29, 1.82) is 0 Å². The molecule has 1 aromatic rings. The van der Waals surface area contributed by atoms with E-state index in [4.69, 9.17) is 4.84 Å². The van der Waals surface area contributed by atoms with Gasteiger partial charge in [0.1, 0.15) is 10.2 Å². The molecule has 2 heterocycles. The number of oxime groups is 1. The zero-order chi connectivity index (χ0) is 15.8. The third-order valence-electron chi connectivity index (χ3n) is 4.26. The first kappa shape index (κ1) is 15.8. The summed E-state index contributed by atoms with van der Waals surface area (Å²) < 4.78 is 38.5. The van der Waals surface area contributed by atoms with E-state index >= 15 is 0 Å². The number of halogens is 4. The molecule has 1 aromatic carbocycles. The highest BCUT2D eigenvalue weighted by Crippen LogP contribution is 2.36. The Morgan fingerprint density at radius 2 is 1.82 bits per heavy atom. The normalized spacial score (nSPS) is 21.7. The summed E-state index contributed by atoms with van der Waals surface area (Å²) in [5.74, 6) is 0. The molecule has 0 aliphatic carbocycles. The molecule has 120 valence electrons. The van der Waals surface area contributed by atoms with Crippen LogP contribution < -0.4 is 0 Å². The summed E-state index contributed by atoms with van der Waals surface area (Å²) in [6.45, 7) is 2.38. The highest BCUT2D eigenvalue weighted by Gasteiger charge is 2.41. The Hall–Kier alpha value is -1.08. The smallest absolute Gasteiger partial charge is 0.388 e. The van der Waals surface area contributed by atoms with E-state index in [1.165, 1.54) is 0 Å². The van der Waals surface area contributed by atoms with E-state index in [-0.39, 0.29) is 5.60 Å². The average molecular weight is 377 g/mol. The van der Waals surface area contributed by atoms with Gasteiger partial charge in [-0.15, -0.1) is 0 Å². The highest BCUT2D eigenvalue weighted by atomic mass is 79.9. The minimum atomic E-state index is -4.27. The van der Waals surface area contributed by atoms with Crippen molar-refractivity contribution >= 4 is 20.6 Å². The van der Waals surface area contributed by atoms with Crippen molar-refractivity contribution < 1.29 is 18.0 Å². The molecule has 1 fully saturated rings. The second kappa shape index (κ2) is 5.85. The first-order valence-electron chi connectivity index (χ1n) is 7.15. The zero-order valence-corrected chi connectivity index (χ0v) is 13.5. The Morgan fingerprint density at radius 1 is 1.18 bits per heavy atom. The standard InChI is InChI=1S/C15H16BrF3N2O/c16-13-9-14(22-20-13)5-7-21(8-6-14)10-11-1-3-12(4-2-11)15(17,18)19/h1-4H,5-10H2. The van der Waals surface area contributed by atoms with Crippen molar-refractivity contribution in [2.75, 3.05) is 13.1 Å². The fourth-order valence-corrected chi connectivity index (χ4v) is 3.50. The number of rotatable bonds is 2. The van der Waals surface area contributed by atoms with Gasteiger partial charge in [0.05, 0.1) is 5.56 Å². The molecule has 22 heavy (non-hydrogen) atoms. The fourth-order valence-electron chi connectivity index (χ4n) is 2.92. The van der Waals surface area contributed by atoms with Gasteiger partial charge in [0, 0.05) is 38.9 Å². The third kappa shape index (κ3) is 3.46. The minimum absolute atomic E-state index is 0.185. The predicted octanol–water partition coefficient (Wildman–Crippen LogP) is 4.17. The lowest BCUT2D eigenvalue weighted by Crippen LogP contribution is -2.44. The maximum atomic E-state index is 12.5. The maximum absolute atomic E-state index is 12.5. The number of likely N-dealkylation sites (tertiary alicyclic amines) is 1. The molecule has 3 rings (SSSR count). The minimum Gasteiger partial charge on any atom is -0.388 e. The Kier molecular flexibility index (Phi) is 4.20. The largest absolute Gasteiger partial charge is 0.416 e. The molecule has 2 aliphatic heterocycles. The number of hydrogen-bond acceptors (Lipinski definition) is 3. The molecule has 0 radical (unpaired) electrons. The van der Waals surface area contributed by atoms with Gasteiger partial charge >= 0.3 is 6.18 Å². The van der Waals surface area contributed by atoms with Crippen LogP contribution in [0, 0.1) is 0 Å². The van der Waals surface area contributed by atoms with Crippen molar-refractivity contribution in [3.63, 3.8) is 0 Å². The number of nitrogens with zero attached hydrogens (tertiary/aromatic N) is 2. The van der Waals surface area contributed by atoms with E-state index in [2.05, 4.69) is 26.0 Å². The van der Waals surface area contributed by atoms with Gasteiger partial charge in [-0.05, 0) is 33.6 Å². The molecule has 7 heteroatoms. The molecule has 0 bridgehead atoms. The SMILES string of the molecule is FC(F)(F)c1ccc(CN2CCC3(CC2)CC(Br)=NO3)cc1. The van der Waals surface area contributed by atoms with E-state index in [1.54, 1.807) is 12.1 Å². The second-order valence-electron chi connectivity index (χ2n) is 5.89. The van der Waals surface area contributed by atoms with Gasteiger partial charge in [-0.1, -0.05) is 17.3 Å². The Bertz CT molecular complexity index is 563. The van der Waals surface area contributed by atoms with Crippen LogP contribution >= 0.6 is 15.9 Å². The number of piperidine rings is 1. The van der Waals surface area contributed by atoms with Gasteiger partial charge < -0.3 is 4.84 Å². The number of benzene rings is 1. The Morgan fingerprint density at radius 3 is 2.32 bits per heavy atom. The molecular weight excluding hydrogens is 361 g/mol. The monoisotopic (exact) mass is 376 g/mol.